The molecule has 0 amide bonds. The van der Waals surface area contributed by atoms with Gasteiger partial charge in [-0.3, -0.25) is 9.59 Å². The molecule has 0 heterocycles. The van der Waals surface area contributed by atoms with Gasteiger partial charge in [-0.2, -0.15) is 0 Å². The van der Waals surface area contributed by atoms with Gasteiger partial charge in [0.1, 0.15) is 0 Å². The zero-order valence-corrected chi connectivity index (χ0v) is 12.7. The first-order valence-electron chi connectivity index (χ1n) is 6.96. The number of hydrogen-bond donors (Lipinski definition) is 4. The van der Waals surface area contributed by atoms with Crippen LogP contribution in [0.2, 0.25) is 0 Å². The van der Waals surface area contributed by atoms with Crippen molar-refractivity contribution in [3.63, 3.8) is 0 Å². The first kappa shape index (κ1) is 23.9. The maximum absolute atomic E-state index is 9.90. The molecule has 0 atom stereocenters. The molecule has 6 heteroatoms. The minimum atomic E-state index is -0.870. The Labute approximate surface area is 121 Å². The van der Waals surface area contributed by atoms with Crippen LogP contribution in [0.1, 0.15) is 64.2 Å². The van der Waals surface area contributed by atoms with Crippen molar-refractivity contribution in [2.45, 2.75) is 64.2 Å². The molecular weight excluding hydrogens is 264 g/mol. The molecule has 0 bridgehead atoms. The van der Waals surface area contributed by atoms with Crippen LogP contribution >= 0.6 is 0 Å². The highest BCUT2D eigenvalue weighted by molar-refractivity contribution is 5.67. The zero-order chi connectivity index (χ0) is 16.2. The lowest BCUT2D eigenvalue weighted by Gasteiger charge is -2.05. The molecule has 0 aromatic rings. The van der Waals surface area contributed by atoms with E-state index in [1.54, 1.807) is 0 Å². The van der Waals surface area contributed by atoms with E-state index in [4.69, 9.17) is 20.4 Å². The zero-order valence-electron chi connectivity index (χ0n) is 12.7. The normalized spacial score (nSPS) is 12.4. The van der Waals surface area contributed by atoms with Gasteiger partial charge in [0.2, 0.25) is 0 Å². The summed E-state index contributed by atoms with van der Waals surface area (Å²) in [6.07, 6.45) is 10.0. The van der Waals surface area contributed by atoms with Gasteiger partial charge in [0, 0.05) is 27.1 Å². The molecule has 20 heavy (non-hydrogen) atoms. The lowest BCUT2D eigenvalue weighted by atomic mass is 10.0. The second-order valence-corrected chi connectivity index (χ2v) is 4.12. The van der Waals surface area contributed by atoms with E-state index in [-0.39, 0.29) is 12.8 Å². The molecule has 0 radical (unpaired) electrons. The van der Waals surface area contributed by atoms with Crippen LogP contribution in [0.4, 0.5) is 0 Å². The van der Waals surface area contributed by atoms with Gasteiger partial charge < -0.3 is 20.4 Å². The Morgan fingerprint density at radius 1 is 0.650 bits per heavy atom. The van der Waals surface area contributed by atoms with Gasteiger partial charge in [0.25, 0.3) is 0 Å². The Hall–Kier alpha value is -1.14. The largest absolute Gasteiger partial charge is 0.481 e. The van der Waals surface area contributed by atoms with Crippen molar-refractivity contribution >= 4 is 11.9 Å². The Bertz CT molecular complexity index is 174. The van der Waals surface area contributed by atoms with Crippen LogP contribution in [0.25, 0.3) is 0 Å². The molecule has 0 aliphatic heterocycles. The van der Waals surface area contributed by atoms with Gasteiger partial charge >= 0.3 is 11.9 Å². The van der Waals surface area contributed by atoms with Crippen molar-refractivity contribution < 1.29 is 30.0 Å². The molecule has 1 fully saturated rings. The number of carbonyl (C=O) groups is 2. The van der Waals surface area contributed by atoms with Crippen LogP contribution in [-0.4, -0.2) is 46.6 Å². The molecule has 6 nitrogen and oxygen atoms in total. The molecule has 0 aromatic heterocycles. The quantitative estimate of drug-likeness (QED) is 0.578. The predicted octanol–water partition coefficient (Wildman–Crippen LogP) is 2.27. The van der Waals surface area contributed by atoms with E-state index in [2.05, 4.69) is 0 Å². The number of aliphatic carboxylic acids is 2. The van der Waals surface area contributed by atoms with E-state index in [9.17, 15) is 9.59 Å². The van der Waals surface area contributed by atoms with E-state index in [0.29, 0.717) is 12.8 Å². The first-order valence-corrected chi connectivity index (χ1v) is 6.96. The van der Waals surface area contributed by atoms with Crippen molar-refractivity contribution in [2.24, 2.45) is 0 Å². The third kappa shape index (κ3) is 30.2. The van der Waals surface area contributed by atoms with Crippen LogP contribution in [0.3, 0.4) is 0 Å². The number of rotatable bonds is 5. The number of aliphatic hydroxyl groups excluding tert-OH is 2. The molecule has 4 N–H and O–H groups in total. The molecule has 122 valence electrons. The molecule has 0 saturated heterocycles. The third-order valence-corrected chi connectivity index (χ3v) is 2.53. The number of unbranched alkanes of at least 4 members (excludes halogenated alkanes) is 1. The summed E-state index contributed by atoms with van der Waals surface area (Å²) in [6.45, 7) is 0. The van der Waals surface area contributed by atoms with Crippen LogP contribution < -0.4 is 0 Å². The minimum absolute atomic E-state index is 0.0628. The maximum Gasteiger partial charge on any atom is 0.303 e. The lowest BCUT2D eigenvalue weighted by Crippen LogP contribution is -1.97. The third-order valence-electron chi connectivity index (χ3n) is 2.53. The van der Waals surface area contributed by atoms with Crippen LogP contribution in [0.15, 0.2) is 0 Å². The Kier molecular flexibility index (Phi) is 27.5. The predicted molar refractivity (Wildman–Crippen MR) is 77.7 cm³/mol. The lowest BCUT2D eigenvalue weighted by molar-refractivity contribution is -0.139. The second-order valence-electron chi connectivity index (χ2n) is 4.12. The van der Waals surface area contributed by atoms with Crippen LogP contribution in [0, 0.1) is 0 Å². The van der Waals surface area contributed by atoms with Crippen molar-refractivity contribution in [2.75, 3.05) is 14.2 Å². The average molecular weight is 294 g/mol. The standard InChI is InChI=1S/C6H10O4.C6H12.2CH4O/c7-5(8)3-1-2-4-6(9)10;1-2-4-6-5-3-1;2*1-2/h1-4H2,(H,7,8)(H,9,10);1-6H2;2*2H,1H3. The maximum atomic E-state index is 9.90. The van der Waals surface area contributed by atoms with Crippen molar-refractivity contribution in [3.05, 3.63) is 0 Å². The fourth-order valence-electron chi connectivity index (χ4n) is 1.61. The van der Waals surface area contributed by atoms with Gasteiger partial charge in [-0.25, -0.2) is 0 Å². The highest BCUT2D eigenvalue weighted by Gasteiger charge is 1.99. The van der Waals surface area contributed by atoms with Gasteiger partial charge in [-0.05, 0) is 12.8 Å². The summed E-state index contributed by atoms with van der Waals surface area (Å²) >= 11 is 0. The second kappa shape index (κ2) is 23.0. The molecule has 1 aliphatic rings. The summed E-state index contributed by atoms with van der Waals surface area (Å²) < 4.78 is 0. The Morgan fingerprint density at radius 2 is 0.850 bits per heavy atom. The molecule has 1 rings (SSSR count). The highest BCUT2D eigenvalue weighted by Crippen LogP contribution is 2.15. The van der Waals surface area contributed by atoms with Gasteiger partial charge in [0.05, 0.1) is 0 Å². The number of hydrogen-bond acceptors (Lipinski definition) is 4. The van der Waals surface area contributed by atoms with Gasteiger partial charge in [-0.1, -0.05) is 38.5 Å². The fourth-order valence-corrected chi connectivity index (χ4v) is 1.61. The molecule has 0 spiro atoms. The summed E-state index contributed by atoms with van der Waals surface area (Å²) in [5.74, 6) is -1.74. The summed E-state index contributed by atoms with van der Waals surface area (Å²) in [7, 11) is 2.00. The smallest absolute Gasteiger partial charge is 0.303 e. The van der Waals surface area contributed by atoms with Gasteiger partial charge in [0.15, 0.2) is 0 Å². The minimum Gasteiger partial charge on any atom is -0.481 e. The molecule has 0 aromatic carbocycles. The summed E-state index contributed by atoms with van der Waals surface area (Å²) in [5, 5.41) is 30.3. The van der Waals surface area contributed by atoms with Crippen molar-refractivity contribution in [3.8, 4) is 0 Å². The van der Waals surface area contributed by atoms with Crippen molar-refractivity contribution in [1.29, 1.82) is 0 Å². The summed E-state index contributed by atoms with van der Waals surface area (Å²) in [6, 6.07) is 0. The number of aliphatic hydroxyl groups is 2. The first-order chi connectivity index (χ1) is 9.63. The monoisotopic (exact) mass is 294 g/mol. The van der Waals surface area contributed by atoms with E-state index < -0.39 is 11.9 Å². The van der Waals surface area contributed by atoms with E-state index in [0.717, 1.165) is 14.2 Å². The highest BCUT2D eigenvalue weighted by atomic mass is 16.4. The van der Waals surface area contributed by atoms with Crippen LogP contribution in [0.5, 0.6) is 0 Å². The topological polar surface area (TPSA) is 115 Å². The summed E-state index contributed by atoms with van der Waals surface area (Å²) in [4.78, 5) is 19.8. The Balaban J connectivity index is -0.000000245. The number of carboxylic acids is 2. The molecule has 1 saturated carbocycles. The van der Waals surface area contributed by atoms with E-state index in [1.165, 1.54) is 38.5 Å². The van der Waals surface area contributed by atoms with Gasteiger partial charge in [-0.15, -0.1) is 0 Å². The summed E-state index contributed by atoms with van der Waals surface area (Å²) in [5.41, 5.74) is 0. The number of carboxylic acid groups (broad SMARTS) is 2. The van der Waals surface area contributed by atoms with Crippen molar-refractivity contribution in [1.82, 2.24) is 0 Å². The van der Waals surface area contributed by atoms with E-state index >= 15 is 0 Å². The SMILES string of the molecule is C1CCCCC1.CO.CO.O=C(O)CCCCC(=O)O. The fraction of sp³-hybridized carbons (Fsp3) is 0.857. The van der Waals surface area contributed by atoms with Crippen LogP contribution in [-0.2, 0) is 9.59 Å². The molecule has 0 unspecified atom stereocenters. The molecular formula is C14H30O6. The molecule has 1 aliphatic carbocycles. The average Bonchev–Trinajstić information content (AvgIpc) is 2.50. The Morgan fingerprint density at radius 3 is 1.00 bits per heavy atom. The van der Waals surface area contributed by atoms with E-state index in [1.807, 2.05) is 0 Å².